The van der Waals surface area contributed by atoms with Gasteiger partial charge in [0.05, 0.1) is 18.8 Å². The quantitative estimate of drug-likeness (QED) is 0.0585. The van der Waals surface area contributed by atoms with Crippen LogP contribution in [0.2, 0.25) is 0 Å². The topological polar surface area (TPSA) is 69.6 Å². The van der Waals surface area contributed by atoms with E-state index in [9.17, 15) is 15.0 Å². The molecule has 0 bridgehead atoms. The van der Waals surface area contributed by atoms with Gasteiger partial charge in [-0.2, -0.15) is 0 Å². The van der Waals surface area contributed by atoms with E-state index in [1.54, 1.807) is 6.08 Å². The third-order valence-electron chi connectivity index (χ3n) is 7.07. The van der Waals surface area contributed by atoms with Crippen molar-refractivity contribution in [3.05, 3.63) is 97.2 Å². The van der Waals surface area contributed by atoms with Crippen molar-refractivity contribution < 1.29 is 15.0 Å². The Morgan fingerprint density at radius 3 is 1.48 bits per heavy atom. The lowest BCUT2D eigenvalue weighted by molar-refractivity contribution is -0.122. The second-order valence-electron chi connectivity index (χ2n) is 11.2. The van der Waals surface area contributed by atoms with E-state index in [2.05, 4.69) is 104 Å². The third-order valence-corrected chi connectivity index (χ3v) is 7.07. The lowest BCUT2D eigenvalue weighted by atomic mass is 10.1. The molecule has 0 aliphatic carbocycles. The van der Waals surface area contributed by atoms with E-state index >= 15 is 0 Å². The standard InChI is InChI=1S/C40H65NO3/c1-3-5-7-9-11-13-14-15-16-17-18-19-20-21-22-23-24-25-26-28-30-32-34-36-40(44)41-38(37-42)39(43)35-33-31-29-27-12-10-8-6-4-2/h5,7,11,13,15-16,18-19,21-22,24-25,28,30,33,35,38-39,42-43H,3-4,6,8-10,12,14,17,20,23,26-27,29,31-32,34,36-37H2,1-2H3,(H,41,44)/b7-5-,13-11-,16-15-,19-18-,22-21-,25-24-,30-28-,35-33+. The highest BCUT2D eigenvalue weighted by Gasteiger charge is 2.17. The van der Waals surface area contributed by atoms with Crippen LogP contribution >= 0.6 is 0 Å². The van der Waals surface area contributed by atoms with Gasteiger partial charge >= 0.3 is 0 Å². The number of hydrogen-bond donors (Lipinski definition) is 3. The van der Waals surface area contributed by atoms with E-state index in [4.69, 9.17) is 0 Å². The molecule has 0 saturated heterocycles. The molecule has 0 aromatic heterocycles. The summed E-state index contributed by atoms with van der Waals surface area (Å²) in [6.45, 7) is 4.11. The summed E-state index contributed by atoms with van der Waals surface area (Å²) in [5.74, 6) is -0.131. The summed E-state index contributed by atoms with van der Waals surface area (Å²) in [6.07, 6.45) is 52.1. The van der Waals surface area contributed by atoms with Crippen molar-refractivity contribution in [1.29, 1.82) is 0 Å². The number of nitrogens with one attached hydrogen (secondary N) is 1. The van der Waals surface area contributed by atoms with Crippen LogP contribution in [0.3, 0.4) is 0 Å². The van der Waals surface area contributed by atoms with Gasteiger partial charge in [-0.15, -0.1) is 0 Å². The Kier molecular flexibility index (Phi) is 32.7. The Bertz CT molecular complexity index is 875. The van der Waals surface area contributed by atoms with Gasteiger partial charge < -0.3 is 15.5 Å². The van der Waals surface area contributed by atoms with Crippen LogP contribution in [0.1, 0.15) is 129 Å². The van der Waals surface area contributed by atoms with Crippen molar-refractivity contribution in [3.63, 3.8) is 0 Å². The highest BCUT2D eigenvalue weighted by molar-refractivity contribution is 5.76. The predicted molar refractivity (Wildman–Crippen MR) is 193 cm³/mol. The minimum atomic E-state index is -0.866. The molecule has 2 atom stereocenters. The van der Waals surface area contributed by atoms with Crippen LogP contribution < -0.4 is 5.32 Å². The molecule has 44 heavy (non-hydrogen) atoms. The second-order valence-corrected chi connectivity index (χ2v) is 11.2. The number of carbonyl (C=O) groups excluding carboxylic acids is 1. The van der Waals surface area contributed by atoms with Gasteiger partial charge in [-0.25, -0.2) is 0 Å². The molecule has 0 rings (SSSR count). The van der Waals surface area contributed by atoms with E-state index in [0.717, 1.165) is 70.6 Å². The van der Waals surface area contributed by atoms with Crippen molar-refractivity contribution in [1.82, 2.24) is 5.32 Å². The van der Waals surface area contributed by atoms with Gasteiger partial charge in [0.25, 0.3) is 0 Å². The highest BCUT2D eigenvalue weighted by atomic mass is 16.3. The SMILES string of the molecule is CC/C=C\C/C=C\C/C=C\C/C=C\C/C=C\C/C=C\C/C=C\CCCC(=O)NC(CO)C(O)/C=C/CCCCCCCCC. The van der Waals surface area contributed by atoms with Crippen LogP contribution in [0, 0.1) is 0 Å². The molecule has 1 amide bonds. The zero-order valence-corrected chi connectivity index (χ0v) is 28.1. The molecule has 0 aliphatic rings. The first kappa shape index (κ1) is 41.3. The van der Waals surface area contributed by atoms with Crippen LogP contribution in [-0.4, -0.2) is 34.9 Å². The molecule has 0 fully saturated rings. The summed E-state index contributed by atoms with van der Waals surface area (Å²) < 4.78 is 0. The highest BCUT2D eigenvalue weighted by Crippen LogP contribution is 2.09. The first-order valence-electron chi connectivity index (χ1n) is 17.5. The number of unbranched alkanes of at least 4 members (excludes halogenated alkanes) is 8. The molecule has 0 aliphatic heterocycles. The summed E-state index contributed by atoms with van der Waals surface area (Å²) in [5, 5.41) is 22.7. The largest absolute Gasteiger partial charge is 0.394 e. The summed E-state index contributed by atoms with van der Waals surface area (Å²) in [6, 6.07) is -0.656. The Hall–Kier alpha value is -2.69. The summed E-state index contributed by atoms with van der Waals surface area (Å²) in [4.78, 5) is 12.2. The Labute approximate surface area is 271 Å². The minimum absolute atomic E-state index is 0.131. The predicted octanol–water partition coefficient (Wildman–Crippen LogP) is 10.3. The van der Waals surface area contributed by atoms with Crippen molar-refractivity contribution in [3.8, 4) is 0 Å². The summed E-state index contributed by atoms with van der Waals surface area (Å²) in [5.41, 5.74) is 0. The van der Waals surface area contributed by atoms with E-state index in [0.29, 0.717) is 6.42 Å². The number of allylic oxidation sites excluding steroid dienone is 15. The third kappa shape index (κ3) is 30.8. The normalized spacial score (nSPS) is 14.4. The minimum Gasteiger partial charge on any atom is -0.394 e. The molecule has 0 aromatic rings. The molecule has 0 spiro atoms. The number of rotatable bonds is 29. The first-order chi connectivity index (χ1) is 21.7. The van der Waals surface area contributed by atoms with Crippen LogP contribution in [0.4, 0.5) is 0 Å². The van der Waals surface area contributed by atoms with Crippen LogP contribution in [0.15, 0.2) is 97.2 Å². The fourth-order valence-corrected chi connectivity index (χ4v) is 4.40. The molecule has 0 saturated carbocycles. The van der Waals surface area contributed by atoms with Crippen LogP contribution in [-0.2, 0) is 4.79 Å². The maximum atomic E-state index is 12.2. The van der Waals surface area contributed by atoms with Crippen molar-refractivity contribution in [2.75, 3.05) is 6.61 Å². The monoisotopic (exact) mass is 607 g/mol. The molecule has 0 radical (unpaired) electrons. The van der Waals surface area contributed by atoms with Gasteiger partial charge in [0.1, 0.15) is 0 Å². The van der Waals surface area contributed by atoms with E-state index < -0.39 is 12.1 Å². The van der Waals surface area contributed by atoms with Gasteiger partial charge in [0.15, 0.2) is 0 Å². The first-order valence-corrected chi connectivity index (χ1v) is 17.5. The zero-order chi connectivity index (χ0) is 32.2. The molecule has 248 valence electrons. The fraction of sp³-hybridized carbons (Fsp3) is 0.575. The van der Waals surface area contributed by atoms with E-state index in [1.807, 2.05) is 6.08 Å². The van der Waals surface area contributed by atoms with Gasteiger partial charge in [-0.1, -0.05) is 150 Å². The van der Waals surface area contributed by atoms with Crippen LogP contribution in [0.25, 0.3) is 0 Å². The maximum Gasteiger partial charge on any atom is 0.220 e. The number of hydrogen-bond acceptors (Lipinski definition) is 3. The Morgan fingerprint density at radius 2 is 1.00 bits per heavy atom. The van der Waals surface area contributed by atoms with E-state index in [-0.39, 0.29) is 12.5 Å². The van der Waals surface area contributed by atoms with Gasteiger partial charge in [0.2, 0.25) is 5.91 Å². The average Bonchev–Trinajstić information content (AvgIpc) is 3.03. The lowest BCUT2D eigenvalue weighted by Gasteiger charge is -2.19. The van der Waals surface area contributed by atoms with Crippen molar-refractivity contribution in [2.24, 2.45) is 0 Å². The number of aliphatic hydroxyl groups is 2. The molecular formula is C40H65NO3. The maximum absolute atomic E-state index is 12.2. The molecule has 4 nitrogen and oxygen atoms in total. The molecule has 4 heteroatoms. The molecule has 0 aromatic carbocycles. The van der Waals surface area contributed by atoms with Gasteiger partial charge in [-0.05, 0) is 70.6 Å². The number of aliphatic hydroxyl groups excluding tert-OH is 2. The van der Waals surface area contributed by atoms with E-state index in [1.165, 1.54) is 38.5 Å². The molecule has 0 heterocycles. The smallest absolute Gasteiger partial charge is 0.220 e. The molecule has 2 unspecified atom stereocenters. The lowest BCUT2D eigenvalue weighted by Crippen LogP contribution is -2.45. The zero-order valence-electron chi connectivity index (χ0n) is 28.1. The fourth-order valence-electron chi connectivity index (χ4n) is 4.40. The number of amides is 1. The molecule has 3 N–H and O–H groups in total. The summed E-state index contributed by atoms with van der Waals surface area (Å²) >= 11 is 0. The van der Waals surface area contributed by atoms with Gasteiger partial charge in [-0.3, -0.25) is 4.79 Å². The average molecular weight is 608 g/mol. The Morgan fingerprint density at radius 1 is 0.568 bits per heavy atom. The van der Waals surface area contributed by atoms with Crippen molar-refractivity contribution >= 4 is 5.91 Å². The van der Waals surface area contributed by atoms with Gasteiger partial charge in [0, 0.05) is 6.42 Å². The Balaban J connectivity index is 3.83. The molecular weight excluding hydrogens is 542 g/mol. The van der Waals surface area contributed by atoms with Crippen LogP contribution in [0.5, 0.6) is 0 Å². The summed E-state index contributed by atoms with van der Waals surface area (Å²) in [7, 11) is 0. The number of carbonyl (C=O) groups is 1. The second kappa shape index (κ2) is 34.8. The van der Waals surface area contributed by atoms with Crippen molar-refractivity contribution in [2.45, 2.75) is 142 Å².